The predicted molar refractivity (Wildman–Crippen MR) is 51.9 cm³/mol. The summed E-state index contributed by atoms with van der Waals surface area (Å²) in [6, 6.07) is -0.0110. The average Bonchev–Trinajstić information content (AvgIpc) is 2.35. The van der Waals surface area contributed by atoms with Crippen LogP contribution in [0.2, 0.25) is 4.47 Å². The maximum atomic E-state index is 9.17. The van der Waals surface area contributed by atoms with Gasteiger partial charge in [0.15, 0.2) is 4.47 Å². The van der Waals surface area contributed by atoms with Crippen molar-refractivity contribution < 1.29 is 5.11 Å². The van der Waals surface area contributed by atoms with Crippen molar-refractivity contribution in [1.29, 1.82) is 0 Å². The molecule has 1 heterocycles. The molecule has 12 heavy (non-hydrogen) atoms. The minimum absolute atomic E-state index is 0.0110. The van der Waals surface area contributed by atoms with Gasteiger partial charge in [0.1, 0.15) is 5.82 Å². The zero-order chi connectivity index (χ0) is 9.14. The van der Waals surface area contributed by atoms with Crippen LogP contribution in [0.5, 0.6) is 0 Å². The Kier molecular flexibility index (Phi) is 3.31. The number of aliphatic hydroxyl groups excluding tert-OH is 1. The second-order valence-electron chi connectivity index (χ2n) is 2.66. The maximum absolute atomic E-state index is 9.17. The van der Waals surface area contributed by atoms with Crippen LogP contribution in [-0.2, 0) is 0 Å². The first-order valence-electron chi connectivity index (χ1n) is 3.65. The monoisotopic (exact) mass is 206 g/mol. The number of halogens is 1. The fourth-order valence-electron chi connectivity index (χ4n) is 0.672. The molecular weight excluding hydrogens is 196 g/mol. The largest absolute Gasteiger partial charge is 0.391 e. The first-order valence-corrected chi connectivity index (χ1v) is 4.91. The summed E-state index contributed by atoms with van der Waals surface area (Å²) in [4.78, 5) is 3.99. The van der Waals surface area contributed by atoms with E-state index in [0.717, 1.165) is 5.82 Å². The molecule has 2 atom stereocenters. The van der Waals surface area contributed by atoms with Gasteiger partial charge in [0.05, 0.1) is 12.1 Å². The molecular formula is C7H11ClN2OS. The van der Waals surface area contributed by atoms with Crippen LogP contribution >= 0.6 is 22.9 Å². The summed E-state index contributed by atoms with van der Waals surface area (Å²) in [5.74, 6) is 0.721. The number of nitrogens with zero attached hydrogens (tertiary/aromatic N) is 1. The summed E-state index contributed by atoms with van der Waals surface area (Å²) >= 11 is 7.00. The molecule has 3 nitrogen and oxygen atoms in total. The molecule has 1 aromatic rings. The van der Waals surface area contributed by atoms with E-state index in [1.807, 2.05) is 12.3 Å². The van der Waals surface area contributed by atoms with Crippen molar-refractivity contribution in [2.75, 3.05) is 5.32 Å². The number of nitrogens with one attached hydrogen (secondary N) is 1. The number of hydrogen-bond donors (Lipinski definition) is 2. The lowest BCUT2D eigenvalue weighted by Gasteiger charge is -2.15. The Hall–Kier alpha value is -0.320. The van der Waals surface area contributed by atoms with Gasteiger partial charge in [-0.3, -0.25) is 0 Å². The van der Waals surface area contributed by atoms with E-state index in [0.29, 0.717) is 4.47 Å². The van der Waals surface area contributed by atoms with E-state index in [-0.39, 0.29) is 6.04 Å². The molecule has 1 rings (SSSR count). The Morgan fingerprint density at radius 3 is 2.75 bits per heavy atom. The Morgan fingerprint density at radius 1 is 1.67 bits per heavy atom. The van der Waals surface area contributed by atoms with Crippen LogP contribution in [0.3, 0.4) is 0 Å². The summed E-state index contributed by atoms with van der Waals surface area (Å²) in [6.07, 6.45) is -0.398. The van der Waals surface area contributed by atoms with E-state index in [9.17, 15) is 0 Å². The Labute approximate surface area is 80.4 Å². The topological polar surface area (TPSA) is 45.1 Å². The Morgan fingerprint density at radius 2 is 2.33 bits per heavy atom. The normalized spacial score (nSPS) is 15.7. The molecule has 0 bridgehead atoms. The van der Waals surface area contributed by atoms with E-state index in [1.165, 1.54) is 11.3 Å². The van der Waals surface area contributed by atoms with Gasteiger partial charge in [-0.05, 0) is 13.8 Å². The molecule has 0 saturated carbocycles. The first-order chi connectivity index (χ1) is 5.59. The fraction of sp³-hybridized carbons (Fsp3) is 0.571. The smallest absolute Gasteiger partial charge is 0.185 e. The quantitative estimate of drug-likeness (QED) is 0.795. The number of aliphatic hydroxyl groups is 1. The number of thiazole rings is 1. The molecule has 0 aliphatic heterocycles. The minimum Gasteiger partial charge on any atom is -0.391 e. The van der Waals surface area contributed by atoms with Crippen LogP contribution < -0.4 is 5.32 Å². The van der Waals surface area contributed by atoms with Crippen molar-refractivity contribution in [3.63, 3.8) is 0 Å². The highest BCUT2D eigenvalue weighted by Gasteiger charge is 2.09. The zero-order valence-corrected chi connectivity index (χ0v) is 8.49. The highest BCUT2D eigenvalue weighted by atomic mass is 35.5. The SMILES string of the molecule is CC(O)C(C)Nc1csc(Cl)n1. The second-order valence-corrected chi connectivity index (χ2v) is 4.10. The maximum Gasteiger partial charge on any atom is 0.185 e. The van der Waals surface area contributed by atoms with Crippen molar-refractivity contribution in [2.45, 2.75) is 26.0 Å². The lowest BCUT2D eigenvalue weighted by atomic mass is 10.2. The molecule has 2 unspecified atom stereocenters. The van der Waals surface area contributed by atoms with Crippen molar-refractivity contribution >= 4 is 28.8 Å². The molecule has 68 valence electrons. The molecule has 5 heteroatoms. The summed E-state index contributed by atoms with van der Waals surface area (Å²) in [7, 11) is 0. The van der Waals surface area contributed by atoms with Crippen LogP contribution in [0.4, 0.5) is 5.82 Å². The standard InChI is InChI=1S/C7H11ClN2OS/c1-4(5(2)11)9-6-3-12-7(8)10-6/h3-5,9,11H,1-2H3. The van der Waals surface area contributed by atoms with E-state index in [4.69, 9.17) is 16.7 Å². The molecule has 0 fully saturated rings. The van der Waals surface area contributed by atoms with Gasteiger partial charge < -0.3 is 10.4 Å². The molecule has 0 amide bonds. The molecule has 0 spiro atoms. The molecule has 0 aliphatic carbocycles. The highest BCUT2D eigenvalue weighted by Crippen LogP contribution is 2.19. The number of aromatic nitrogens is 1. The fourth-order valence-corrected chi connectivity index (χ4v) is 1.38. The number of hydrogen-bond acceptors (Lipinski definition) is 4. The molecule has 0 aliphatic rings. The zero-order valence-electron chi connectivity index (χ0n) is 6.91. The number of anilines is 1. The average molecular weight is 207 g/mol. The Balaban J connectivity index is 2.52. The summed E-state index contributed by atoms with van der Waals surface area (Å²) in [5, 5.41) is 14.0. The van der Waals surface area contributed by atoms with Crippen LogP contribution in [0.1, 0.15) is 13.8 Å². The van der Waals surface area contributed by atoms with Crippen molar-refractivity contribution in [3.05, 3.63) is 9.85 Å². The van der Waals surface area contributed by atoms with E-state index < -0.39 is 6.10 Å². The summed E-state index contributed by atoms with van der Waals surface area (Å²) in [6.45, 7) is 3.61. The first kappa shape index (κ1) is 9.77. The lowest BCUT2D eigenvalue weighted by Crippen LogP contribution is -2.27. The molecule has 0 radical (unpaired) electrons. The van der Waals surface area contributed by atoms with Crippen LogP contribution in [0, 0.1) is 0 Å². The lowest BCUT2D eigenvalue weighted by molar-refractivity contribution is 0.177. The highest BCUT2D eigenvalue weighted by molar-refractivity contribution is 7.14. The Bertz CT molecular complexity index is 251. The van der Waals surface area contributed by atoms with Crippen LogP contribution in [0.25, 0.3) is 0 Å². The van der Waals surface area contributed by atoms with E-state index >= 15 is 0 Å². The van der Waals surface area contributed by atoms with Crippen molar-refractivity contribution in [3.8, 4) is 0 Å². The third-order valence-corrected chi connectivity index (χ3v) is 2.55. The van der Waals surface area contributed by atoms with Gasteiger partial charge in [0.2, 0.25) is 0 Å². The molecule has 2 N–H and O–H groups in total. The number of rotatable bonds is 3. The van der Waals surface area contributed by atoms with Gasteiger partial charge in [-0.15, -0.1) is 11.3 Å². The van der Waals surface area contributed by atoms with Gasteiger partial charge in [-0.2, -0.15) is 0 Å². The summed E-state index contributed by atoms with van der Waals surface area (Å²) < 4.78 is 0.510. The third-order valence-electron chi connectivity index (χ3n) is 1.58. The summed E-state index contributed by atoms with van der Waals surface area (Å²) in [5.41, 5.74) is 0. The third kappa shape index (κ3) is 2.62. The van der Waals surface area contributed by atoms with Gasteiger partial charge in [-0.1, -0.05) is 11.6 Å². The van der Waals surface area contributed by atoms with Crippen molar-refractivity contribution in [2.24, 2.45) is 0 Å². The van der Waals surface area contributed by atoms with Crippen molar-refractivity contribution in [1.82, 2.24) is 4.98 Å². The van der Waals surface area contributed by atoms with E-state index in [1.54, 1.807) is 6.92 Å². The van der Waals surface area contributed by atoms with Crippen LogP contribution in [0.15, 0.2) is 5.38 Å². The minimum atomic E-state index is -0.398. The van der Waals surface area contributed by atoms with Gasteiger partial charge in [0, 0.05) is 5.38 Å². The van der Waals surface area contributed by atoms with Gasteiger partial charge in [0.25, 0.3) is 0 Å². The molecule has 0 saturated heterocycles. The van der Waals surface area contributed by atoms with E-state index in [2.05, 4.69) is 10.3 Å². The predicted octanol–water partition coefficient (Wildman–Crippen LogP) is 1.98. The van der Waals surface area contributed by atoms with Crippen LogP contribution in [-0.4, -0.2) is 22.2 Å². The molecule has 0 aromatic carbocycles. The van der Waals surface area contributed by atoms with Gasteiger partial charge in [-0.25, -0.2) is 4.98 Å². The molecule has 1 aromatic heterocycles. The van der Waals surface area contributed by atoms with Gasteiger partial charge >= 0.3 is 0 Å². The second kappa shape index (κ2) is 4.07.